The molecule has 1 atom stereocenters. The Kier molecular flexibility index (Phi) is 3.09. The highest BCUT2D eigenvalue weighted by Gasteiger charge is 2.52. The van der Waals surface area contributed by atoms with Gasteiger partial charge in [0.1, 0.15) is 5.75 Å². The summed E-state index contributed by atoms with van der Waals surface area (Å²) in [5, 5.41) is 9.43. The number of Topliss-reactive ketones (excluding diaryl/α,β-unsaturated/α-hetero) is 1. The number of aliphatic hydroxyl groups excluding tert-OH is 1. The Bertz CT molecular complexity index is 508. The Balaban J connectivity index is 2.48. The second kappa shape index (κ2) is 4.42. The van der Waals surface area contributed by atoms with Gasteiger partial charge in [0.2, 0.25) is 0 Å². The molecule has 5 nitrogen and oxygen atoms in total. The van der Waals surface area contributed by atoms with E-state index < -0.39 is 23.8 Å². The number of carbonyl (C=O) groups excluding carboxylic acids is 2. The molecule has 0 fully saturated rings. The highest BCUT2D eigenvalue weighted by Crippen LogP contribution is 2.39. The zero-order valence-electron chi connectivity index (χ0n) is 10.2. The highest BCUT2D eigenvalue weighted by molar-refractivity contribution is 6.16. The summed E-state index contributed by atoms with van der Waals surface area (Å²) in [6, 6.07) is 4.96. The van der Waals surface area contributed by atoms with E-state index in [1.54, 1.807) is 18.2 Å². The lowest BCUT2D eigenvalue weighted by Gasteiger charge is -2.20. The van der Waals surface area contributed by atoms with Gasteiger partial charge in [-0.25, -0.2) is 0 Å². The summed E-state index contributed by atoms with van der Waals surface area (Å²) in [6.45, 7) is -0.560. The van der Waals surface area contributed by atoms with Crippen LogP contribution >= 0.6 is 0 Å². The quantitative estimate of drug-likeness (QED) is 0.627. The van der Waals surface area contributed by atoms with Crippen LogP contribution in [-0.4, -0.2) is 37.7 Å². The molecule has 5 heteroatoms. The number of ether oxygens (including phenoxy) is 2. The standard InChI is InChI=1S/C13H14O5/c1-17-9-3-4-10-8(5-9)6-13(7-14,11(10)15)12(16)18-2/h3-5,14H,6-7H2,1-2H3. The van der Waals surface area contributed by atoms with E-state index in [9.17, 15) is 14.7 Å². The van der Waals surface area contributed by atoms with Crippen molar-refractivity contribution < 1.29 is 24.2 Å². The number of methoxy groups -OCH3 is 2. The fourth-order valence-electron chi connectivity index (χ4n) is 2.28. The first-order valence-electron chi connectivity index (χ1n) is 5.50. The van der Waals surface area contributed by atoms with Crippen molar-refractivity contribution in [1.82, 2.24) is 0 Å². The summed E-state index contributed by atoms with van der Waals surface area (Å²) in [4.78, 5) is 24.0. The van der Waals surface area contributed by atoms with Gasteiger partial charge in [-0.2, -0.15) is 0 Å². The third-order valence-corrected chi connectivity index (χ3v) is 3.33. The van der Waals surface area contributed by atoms with Crippen molar-refractivity contribution in [2.24, 2.45) is 5.41 Å². The number of fused-ring (bicyclic) bond motifs is 1. The molecule has 0 aliphatic heterocycles. The molecule has 0 radical (unpaired) electrons. The van der Waals surface area contributed by atoms with Crippen LogP contribution in [-0.2, 0) is 16.0 Å². The Morgan fingerprint density at radius 3 is 2.72 bits per heavy atom. The number of hydrogen-bond donors (Lipinski definition) is 1. The number of carbonyl (C=O) groups is 2. The van der Waals surface area contributed by atoms with Gasteiger partial charge in [0.15, 0.2) is 11.2 Å². The van der Waals surface area contributed by atoms with Crippen LogP contribution in [0.3, 0.4) is 0 Å². The van der Waals surface area contributed by atoms with Crippen molar-refractivity contribution in [2.45, 2.75) is 6.42 Å². The van der Waals surface area contributed by atoms with Crippen LogP contribution < -0.4 is 4.74 Å². The fraction of sp³-hybridized carbons (Fsp3) is 0.385. The predicted molar refractivity (Wildman–Crippen MR) is 62.6 cm³/mol. The van der Waals surface area contributed by atoms with E-state index >= 15 is 0 Å². The number of ketones is 1. The van der Waals surface area contributed by atoms with Crippen molar-refractivity contribution in [3.63, 3.8) is 0 Å². The number of aliphatic hydroxyl groups is 1. The first-order valence-corrected chi connectivity index (χ1v) is 5.50. The SMILES string of the molecule is COC(=O)C1(CO)Cc2cc(OC)ccc2C1=O. The summed E-state index contributed by atoms with van der Waals surface area (Å²) < 4.78 is 9.71. The average molecular weight is 250 g/mol. The van der Waals surface area contributed by atoms with Crippen LogP contribution in [0.2, 0.25) is 0 Å². The number of esters is 1. The largest absolute Gasteiger partial charge is 0.497 e. The van der Waals surface area contributed by atoms with Gasteiger partial charge in [-0.3, -0.25) is 9.59 Å². The molecule has 0 saturated heterocycles. The van der Waals surface area contributed by atoms with Crippen molar-refractivity contribution in [2.75, 3.05) is 20.8 Å². The fourth-order valence-corrected chi connectivity index (χ4v) is 2.28. The molecule has 0 amide bonds. The summed E-state index contributed by atoms with van der Waals surface area (Å²) in [5.41, 5.74) is -0.363. The Morgan fingerprint density at radius 2 is 2.17 bits per heavy atom. The highest BCUT2D eigenvalue weighted by atomic mass is 16.5. The molecular weight excluding hydrogens is 236 g/mol. The van der Waals surface area contributed by atoms with E-state index in [4.69, 9.17) is 4.74 Å². The summed E-state index contributed by atoms with van der Waals surface area (Å²) in [6.07, 6.45) is 0.140. The van der Waals surface area contributed by atoms with E-state index in [1.165, 1.54) is 14.2 Å². The molecular formula is C13H14O5. The van der Waals surface area contributed by atoms with Crippen LogP contribution in [0.5, 0.6) is 5.75 Å². The summed E-state index contributed by atoms with van der Waals surface area (Å²) in [5.74, 6) is -0.486. The van der Waals surface area contributed by atoms with E-state index in [0.29, 0.717) is 16.9 Å². The Hall–Kier alpha value is -1.88. The van der Waals surface area contributed by atoms with Crippen LogP contribution in [0.15, 0.2) is 18.2 Å². The molecule has 0 spiro atoms. The first kappa shape index (κ1) is 12.6. The smallest absolute Gasteiger partial charge is 0.322 e. The van der Waals surface area contributed by atoms with Crippen LogP contribution in [0.1, 0.15) is 15.9 Å². The third kappa shape index (κ3) is 1.59. The van der Waals surface area contributed by atoms with Gasteiger partial charge in [0.25, 0.3) is 0 Å². The minimum atomic E-state index is -1.50. The van der Waals surface area contributed by atoms with Gasteiger partial charge in [-0.15, -0.1) is 0 Å². The van der Waals surface area contributed by atoms with E-state index in [-0.39, 0.29) is 6.42 Å². The molecule has 1 aromatic carbocycles. The zero-order chi connectivity index (χ0) is 13.3. The molecule has 1 N–H and O–H groups in total. The van der Waals surface area contributed by atoms with Crippen molar-refractivity contribution in [1.29, 1.82) is 0 Å². The maximum absolute atomic E-state index is 12.2. The maximum atomic E-state index is 12.2. The predicted octanol–water partition coefficient (Wildman–Crippen LogP) is 0.586. The molecule has 0 saturated carbocycles. The third-order valence-electron chi connectivity index (χ3n) is 3.33. The monoisotopic (exact) mass is 250 g/mol. The number of hydrogen-bond acceptors (Lipinski definition) is 5. The second-order valence-corrected chi connectivity index (χ2v) is 4.26. The maximum Gasteiger partial charge on any atom is 0.322 e. The normalized spacial score (nSPS) is 21.6. The van der Waals surface area contributed by atoms with Gasteiger partial charge in [-0.05, 0) is 30.2 Å². The topological polar surface area (TPSA) is 72.8 Å². The Labute approximate surface area is 104 Å². The first-order chi connectivity index (χ1) is 8.58. The van der Waals surface area contributed by atoms with E-state index in [1.807, 2.05) is 0 Å². The van der Waals surface area contributed by atoms with Gasteiger partial charge in [0, 0.05) is 5.56 Å². The molecule has 1 aromatic rings. The van der Waals surface area contributed by atoms with Crippen LogP contribution in [0.4, 0.5) is 0 Å². The van der Waals surface area contributed by atoms with Crippen molar-refractivity contribution >= 4 is 11.8 Å². The summed E-state index contributed by atoms with van der Waals surface area (Å²) in [7, 11) is 2.73. The lowest BCUT2D eigenvalue weighted by Crippen LogP contribution is -2.41. The van der Waals surface area contributed by atoms with Crippen molar-refractivity contribution in [3.05, 3.63) is 29.3 Å². The molecule has 2 rings (SSSR count). The second-order valence-electron chi connectivity index (χ2n) is 4.26. The van der Waals surface area contributed by atoms with E-state index in [0.717, 1.165) is 0 Å². The summed E-state index contributed by atoms with van der Waals surface area (Å²) >= 11 is 0. The molecule has 0 aromatic heterocycles. The minimum Gasteiger partial charge on any atom is -0.497 e. The molecule has 18 heavy (non-hydrogen) atoms. The lowest BCUT2D eigenvalue weighted by molar-refractivity contribution is -0.151. The number of rotatable bonds is 3. The molecule has 1 aliphatic rings. The molecule has 1 aliphatic carbocycles. The van der Waals surface area contributed by atoms with Gasteiger partial charge >= 0.3 is 5.97 Å². The lowest BCUT2D eigenvalue weighted by atomic mass is 9.85. The van der Waals surface area contributed by atoms with Crippen LogP contribution in [0.25, 0.3) is 0 Å². The molecule has 0 heterocycles. The molecule has 96 valence electrons. The average Bonchev–Trinajstić information content (AvgIpc) is 2.71. The minimum absolute atomic E-state index is 0.140. The van der Waals surface area contributed by atoms with Gasteiger partial charge in [0.05, 0.1) is 20.8 Å². The van der Waals surface area contributed by atoms with Crippen molar-refractivity contribution in [3.8, 4) is 5.75 Å². The molecule has 1 unspecified atom stereocenters. The Morgan fingerprint density at radius 1 is 1.44 bits per heavy atom. The van der Waals surface area contributed by atoms with E-state index in [2.05, 4.69) is 4.74 Å². The van der Waals surface area contributed by atoms with Gasteiger partial charge < -0.3 is 14.6 Å². The zero-order valence-corrected chi connectivity index (χ0v) is 10.2. The van der Waals surface area contributed by atoms with Crippen LogP contribution in [0, 0.1) is 5.41 Å². The van der Waals surface area contributed by atoms with Gasteiger partial charge in [-0.1, -0.05) is 0 Å². The molecule has 0 bridgehead atoms. The number of benzene rings is 1.